The van der Waals surface area contributed by atoms with Crippen molar-refractivity contribution in [3.8, 4) is 0 Å². The maximum absolute atomic E-state index is 12.3. The Bertz CT molecular complexity index is 760. The van der Waals surface area contributed by atoms with E-state index in [2.05, 4.69) is 4.90 Å². The molecule has 3 heterocycles. The highest BCUT2D eigenvalue weighted by molar-refractivity contribution is 5.39. The molecule has 5 nitrogen and oxygen atoms in total. The molecule has 1 aliphatic heterocycles. The van der Waals surface area contributed by atoms with Crippen LogP contribution in [0.15, 0.2) is 29.2 Å². The summed E-state index contributed by atoms with van der Waals surface area (Å²) in [5, 5.41) is 0. The lowest BCUT2D eigenvalue weighted by molar-refractivity contribution is 0.161. The standard InChI is InChI=1S/C18H23N3O2/c1-13-2-5-17-19-15(8-18(22)21(17)9-13)11-20(16-3-4-16)10-14-6-7-23-12-14/h2,5,8-9,14,16H,3-4,6-7,10-12H2,1H3/t14-/m0/s1. The zero-order valence-corrected chi connectivity index (χ0v) is 13.6. The lowest BCUT2D eigenvalue weighted by Gasteiger charge is -2.24. The van der Waals surface area contributed by atoms with Crippen molar-refractivity contribution in [2.45, 2.75) is 38.8 Å². The Balaban J connectivity index is 1.57. The van der Waals surface area contributed by atoms with Crippen LogP contribution in [0, 0.1) is 12.8 Å². The molecule has 122 valence electrons. The maximum Gasteiger partial charge on any atom is 0.258 e. The normalized spacial score (nSPS) is 21.4. The van der Waals surface area contributed by atoms with Crippen molar-refractivity contribution in [1.82, 2.24) is 14.3 Å². The van der Waals surface area contributed by atoms with Crippen LogP contribution in [0.4, 0.5) is 0 Å². The first-order valence-corrected chi connectivity index (χ1v) is 8.50. The van der Waals surface area contributed by atoms with Crippen molar-refractivity contribution in [2.24, 2.45) is 5.92 Å². The molecule has 4 rings (SSSR count). The third-order valence-electron chi connectivity index (χ3n) is 4.81. The van der Waals surface area contributed by atoms with E-state index in [1.165, 1.54) is 12.8 Å². The van der Waals surface area contributed by atoms with Crippen molar-refractivity contribution in [3.63, 3.8) is 0 Å². The average molecular weight is 313 g/mol. The molecule has 2 aromatic rings. The first-order chi connectivity index (χ1) is 11.2. The Morgan fingerprint density at radius 3 is 2.96 bits per heavy atom. The van der Waals surface area contributed by atoms with Gasteiger partial charge in [0.2, 0.25) is 0 Å². The summed E-state index contributed by atoms with van der Waals surface area (Å²) in [6, 6.07) is 6.27. The van der Waals surface area contributed by atoms with Crippen LogP contribution in [-0.4, -0.2) is 40.1 Å². The first kappa shape index (κ1) is 14.8. The molecule has 0 aromatic carbocycles. The summed E-state index contributed by atoms with van der Waals surface area (Å²) in [6.07, 6.45) is 5.53. The van der Waals surface area contributed by atoms with Crippen LogP contribution in [0.5, 0.6) is 0 Å². The quantitative estimate of drug-likeness (QED) is 0.847. The van der Waals surface area contributed by atoms with Gasteiger partial charge in [-0.25, -0.2) is 4.98 Å². The number of rotatable bonds is 5. The average Bonchev–Trinajstić information content (AvgIpc) is 3.25. The maximum atomic E-state index is 12.3. The lowest BCUT2D eigenvalue weighted by Crippen LogP contribution is -2.32. The van der Waals surface area contributed by atoms with E-state index >= 15 is 0 Å². The van der Waals surface area contributed by atoms with Gasteiger partial charge in [-0.2, -0.15) is 0 Å². The van der Waals surface area contributed by atoms with Gasteiger partial charge in [-0.1, -0.05) is 6.07 Å². The van der Waals surface area contributed by atoms with E-state index in [-0.39, 0.29) is 5.56 Å². The number of pyridine rings is 1. The van der Waals surface area contributed by atoms with Crippen molar-refractivity contribution < 1.29 is 4.74 Å². The van der Waals surface area contributed by atoms with Crippen LogP contribution in [0.25, 0.3) is 5.65 Å². The first-order valence-electron chi connectivity index (χ1n) is 8.50. The molecule has 1 aliphatic carbocycles. The Morgan fingerprint density at radius 1 is 1.35 bits per heavy atom. The summed E-state index contributed by atoms with van der Waals surface area (Å²) >= 11 is 0. The van der Waals surface area contributed by atoms with Gasteiger partial charge in [0.1, 0.15) is 5.65 Å². The Labute approximate surface area is 135 Å². The minimum Gasteiger partial charge on any atom is -0.381 e. The molecule has 1 atom stereocenters. The van der Waals surface area contributed by atoms with Gasteiger partial charge in [0.05, 0.1) is 12.3 Å². The summed E-state index contributed by atoms with van der Waals surface area (Å²) in [7, 11) is 0. The minimum absolute atomic E-state index is 0.00801. The molecule has 0 amide bonds. The Hall–Kier alpha value is -1.72. The predicted octanol–water partition coefficient (Wildman–Crippen LogP) is 2.00. The number of hydrogen-bond donors (Lipinski definition) is 0. The minimum atomic E-state index is 0.00801. The zero-order valence-electron chi connectivity index (χ0n) is 13.6. The smallest absolute Gasteiger partial charge is 0.258 e. The molecule has 2 aromatic heterocycles. The Morgan fingerprint density at radius 2 is 2.22 bits per heavy atom. The monoisotopic (exact) mass is 313 g/mol. The summed E-state index contributed by atoms with van der Waals surface area (Å²) < 4.78 is 7.13. The van der Waals surface area contributed by atoms with Crippen molar-refractivity contribution >= 4 is 5.65 Å². The van der Waals surface area contributed by atoms with E-state index < -0.39 is 0 Å². The summed E-state index contributed by atoms with van der Waals surface area (Å²) in [6.45, 7) is 5.56. The fourth-order valence-electron chi connectivity index (χ4n) is 3.39. The molecule has 1 saturated carbocycles. The highest BCUT2D eigenvalue weighted by Crippen LogP contribution is 2.30. The van der Waals surface area contributed by atoms with Gasteiger partial charge in [-0.15, -0.1) is 0 Å². The fourth-order valence-corrected chi connectivity index (χ4v) is 3.39. The SMILES string of the molecule is Cc1ccc2nc(CN(C[C@@H]3CCOC3)C3CC3)cc(=O)n2c1. The van der Waals surface area contributed by atoms with Gasteiger partial charge >= 0.3 is 0 Å². The molecule has 0 spiro atoms. The number of aryl methyl sites for hydroxylation is 1. The topological polar surface area (TPSA) is 46.8 Å². The molecule has 0 unspecified atom stereocenters. The number of ether oxygens (including phenoxy) is 1. The second-order valence-electron chi connectivity index (χ2n) is 6.91. The summed E-state index contributed by atoms with van der Waals surface area (Å²) in [5.74, 6) is 0.625. The predicted molar refractivity (Wildman–Crippen MR) is 88.6 cm³/mol. The van der Waals surface area contributed by atoms with Gasteiger partial charge in [0, 0.05) is 38.0 Å². The van der Waals surface area contributed by atoms with E-state index in [0.29, 0.717) is 12.0 Å². The molecule has 0 radical (unpaired) electrons. The number of nitrogens with zero attached hydrogens (tertiary/aromatic N) is 3. The molecule has 2 aliphatic rings. The highest BCUT2D eigenvalue weighted by atomic mass is 16.5. The van der Waals surface area contributed by atoms with E-state index in [1.807, 2.05) is 25.3 Å². The second kappa shape index (κ2) is 6.06. The van der Waals surface area contributed by atoms with Crippen molar-refractivity contribution in [3.05, 3.63) is 46.0 Å². The van der Waals surface area contributed by atoms with Gasteiger partial charge in [-0.3, -0.25) is 14.1 Å². The van der Waals surface area contributed by atoms with Gasteiger partial charge in [0.25, 0.3) is 5.56 Å². The van der Waals surface area contributed by atoms with E-state index in [0.717, 1.165) is 49.6 Å². The molecule has 1 saturated heterocycles. The molecule has 0 bridgehead atoms. The van der Waals surface area contributed by atoms with Crippen LogP contribution in [0.2, 0.25) is 0 Å². The van der Waals surface area contributed by atoms with E-state index in [4.69, 9.17) is 9.72 Å². The van der Waals surface area contributed by atoms with Crippen LogP contribution in [-0.2, 0) is 11.3 Å². The van der Waals surface area contributed by atoms with E-state index in [1.54, 1.807) is 10.5 Å². The van der Waals surface area contributed by atoms with Crippen LogP contribution < -0.4 is 5.56 Å². The van der Waals surface area contributed by atoms with Crippen LogP contribution in [0.1, 0.15) is 30.5 Å². The second-order valence-corrected chi connectivity index (χ2v) is 6.91. The number of hydrogen-bond acceptors (Lipinski definition) is 4. The van der Waals surface area contributed by atoms with Gasteiger partial charge in [0.15, 0.2) is 0 Å². The number of fused-ring (bicyclic) bond motifs is 1. The third kappa shape index (κ3) is 3.31. The fraction of sp³-hybridized carbons (Fsp3) is 0.556. The van der Waals surface area contributed by atoms with Crippen molar-refractivity contribution in [2.75, 3.05) is 19.8 Å². The Kier molecular flexibility index (Phi) is 3.91. The highest BCUT2D eigenvalue weighted by Gasteiger charge is 2.31. The van der Waals surface area contributed by atoms with Gasteiger partial charge in [-0.05, 0) is 43.7 Å². The molecular weight excluding hydrogens is 290 g/mol. The molecular formula is C18H23N3O2. The summed E-state index contributed by atoms with van der Waals surface area (Å²) in [4.78, 5) is 19.5. The lowest BCUT2D eigenvalue weighted by atomic mass is 10.1. The number of aromatic nitrogens is 2. The van der Waals surface area contributed by atoms with Crippen LogP contribution in [0.3, 0.4) is 0 Å². The van der Waals surface area contributed by atoms with E-state index in [9.17, 15) is 4.79 Å². The largest absolute Gasteiger partial charge is 0.381 e. The third-order valence-corrected chi connectivity index (χ3v) is 4.81. The zero-order chi connectivity index (χ0) is 15.8. The molecule has 0 N–H and O–H groups in total. The van der Waals surface area contributed by atoms with Gasteiger partial charge < -0.3 is 4.74 Å². The van der Waals surface area contributed by atoms with Crippen molar-refractivity contribution in [1.29, 1.82) is 0 Å². The molecule has 5 heteroatoms. The molecule has 2 fully saturated rings. The van der Waals surface area contributed by atoms with Crippen LogP contribution >= 0.6 is 0 Å². The molecule has 23 heavy (non-hydrogen) atoms. The summed E-state index contributed by atoms with van der Waals surface area (Å²) in [5.41, 5.74) is 2.69.